The second kappa shape index (κ2) is 4.61. The molecule has 0 aromatic carbocycles. The molecule has 1 aliphatic rings. The zero-order valence-corrected chi connectivity index (χ0v) is 8.55. The minimum atomic E-state index is 0.218. The smallest absolute Gasteiger partial charge is 0.223 e. The number of nitrogens with one attached hydrogen (secondary N) is 1. The van der Waals surface area contributed by atoms with E-state index in [1.807, 2.05) is 0 Å². The summed E-state index contributed by atoms with van der Waals surface area (Å²) in [5, 5.41) is 2.92. The van der Waals surface area contributed by atoms with Crippen LogP contribution in [0.3, 0.4) is 0 Å². The Morgan fingerprint density at radius 3 is 2.77 bits per heavy atom. The molecule has 1 fully saturated rings. The highest BCUT2D eigenvalue weighted by molar-refractivity contribution is 5.81. The van der Waals surface area contributed by atoms with Crippen molar-refractivity contribution in [3.05, 3.63) is 0 Å². The molecule has 0 saturated heterocycles. The SMILES string of the molecule is CCC(N)CCNC(=O)C1CC1C. The number of amides is 1. The standard InChI is InChI=1S/C10H20N2O/c1-3-8(11)4-5-12-10(13)9-6-7(9)2/h7-9H,3-6,11H2,1-2H3,(H,12,13). The average Bonchev–Trinajstić information content (AvgIpc) is 2.82. The first-order valence-electron chi connectivity index (χ1n) is 5.18. The fraction of sp³-hybridized carbons (Fsp3) is 0.900. The zero-order chi connectivity index (χ0) is 9.84. The van der Waals surface area contributed by atoms with E-state index in [1.54, 1.807) is 0 Å². The van der Waals surface area contributed by atoms with Crippen LogP contribution in [0.2, 0.25) is 0 Å². The number of nitrogens with two attached hydrogens (primary N) is 1. The number of carbonyl (C=O) groups is 1. The third-order valence-electron chi connectivity index (χ3n) is 2.78. The summed E-state index contributed by atoms with van der Waals surface area (Å²) in [5.74, 6) is 1.11. The topological polar surface area (TPSA) is 55.1 Å². The van der Waals surface area contributed by atoms with E-state index in [2.05, 4.69) is 19.2 Å². The van der Waals surface area contributed by atoms with E-state index >= 15 is 0 Å². The van der Waals surface area contributed by atoms with Gasteiger partial charge in [0.1, 0.15) is 0 Å². The Hall–Kier alpha value is -0.570. The van der Waals surface area contributed by atoms with Gasteiger partial charge in [-0.25, -0.2) is 0 Å². The largest absolute Gasteiger partial charge is 0.356 e. The summed E-state index contributed by atoms with van der Waals surface area (Å²) in [4.78, 5) is 11.3. The maximum absolute atomic E-state index is 11.3. The Labute approximate surface area is 80.1 Å². The molecule has 0 aliphatic heterocycles. The van der Waals surface area contributed by atoms with Crippen molar-refractivity contribution in [2.24, 2.45) is 17.6 Å². The molecule has 0 aromatic heterocycles. The van der Waals surface area contributed by atoms with Crippen LogP contribution < -0.4 is 11.1 Å². The molecular formula is C10H20N2O. The normalized spacial score (nSPS) is 28.2. The van der Waals surface area contributed by atoms with Crippen molar-refractivity contribution in [2.45, 2.75) is 39.2 Å². The lowest BCUT2D eigenvalue weighted by Gasteiger charge is -2.09. The van der Waals surface area contributed by atoms with Crippen molar-refractivity contribution in [1.82, 2.24) is 5.32 Å². The zero-order valence-electron chi connectivity index (χ0n) is 8.55. The van der Waals surface area contributed by atoms with E-state index in [9.17, 15) is 4.79 Å². The summed E-state index contributed by atoms with van der Waals surface area (Å²) in [6.07, 6.45) is 2.94. The second-order valence-electron chi connectivity index (χ2n) is 4.07. The predicted molar refractivity (Wildman–Crippen MR) is 53.2 cm³/mol. The van der Waals surface area contributed by atoms with Crippen molar-refractivity contribution in [3.63, 3.8) is 0 Å². The van der Waals surface area contributed by atoms with Crippen LogP contribution in [0, 0.1) is 11.8 Å². The van der Waals surface area contributed by atoms with E-state index in [0.29, 0.717) is 5.92 Å². The van der Waals surface area contributed by atoms with Crippen molar-refractivity contribution in [1.29, 1.82) is 0 Å². The van der Waals surface area contributed by atoms with Gasteiger partial charge in [0.05, 0.1) is 0 Å². The lowest BCUT2D eigenvalue weighted by Crippen LogP contribution is -2.31. The molecule has 1 amide bonds. The molecule has 0 radical (unpaired) electrons. The molecule has 3 N–H and O–H groups in total. The minimum absolute atomic E-state index is 0.218. The molecule has 0 aromatic rings. The molecule has 76 valence electrons. The molecule has 13 heavy (non-hydrogen) atoms. The van der Waals surface area contributed by atoms with E-state index in [-0.39, 0.29) is 17.9 Å². The Balaban J connectivity index is 2.02. The quantitative estimate of drug-likeness (QED) is 0.666. The minimum Gasteiger partial charge on any atom is -0.356 e. The molecule has 0 spiro atoms. The summed E-state index contributed by atoms with van der Waals surface area (Å²) >= 11 is 0. The molecular weight excluding hydrogens is 164 g/mol. The molecule has 1 rings (SSSR count). The average molecular weight is 184 g/mol. The van der Waals surface area contributed by atoms with Gasteiger partial charge in [-0.1, -0.05) is 13.8 Å². The monoisotopic (exact) mass is 184 g/mol. The first-order chi connectivity index (χ1) is 6.15. The summed E-state index contributed by atoms with van der Waals surface area (Å²) in [5.41, 5.74) is 5.73. The lowest BCUT2D eigenvalue weighted by molar-refractivity contribution is -0.122. The molecule has 0 heterocycles. The van der Waals surface area contributed by atoms with Crippen LogP contribution in [0.4, 0.5) is 0 Å². The highest BCUT2D eigenvalue weighted by atomic mass is 16.2. The molecule has 3 unspecified atom stereocenters. The summed E-state index contributed by atoms with van der Waals surface area (Å²) in [6, 6.07) is 0.233. The van der Waals surface area contributed by atoms with Crippen molar-refractivity contribution >= 4 is 5.91 Å². The van der Waals surface area contributed by atoms with Gasteiger partial charge < -0.3 is 11.1 Å². The van der Waals surface area contributed by atoms with Gasteiger partial charge in [-0.15, -0.1) is 0 Å². The highest BCUT2D eigenvalue weighted by Crippen LogP contribution is 2.37. The van der Waals surface area contributed by atoms with Gasteiger partial charge in [0, 0.05) is 18.5 Å². The van der Waals surface area contributed by atoms with Gasteiger partial charge >= 0.3 is 0 Å². The van der Waals surface area contributed by atoms with Gasteiger partial charge in [-0.2, -0.15) is 0 Å². The Morgan fingerprint density at radius 1 is 1.69 bits per heavy atom. The van der Waals surface area contributed by atoms with Gasteiger partial charge in [-0.3, -0.25) is 4.79 Å². The number of hydrogen-bond acceptors (Lipinski definition) is 2. The predicted octanol–water partition coefficient (Wildman–Crippen LogP) is 0.886. The third-order valence-corrected chi connectivity index (χ3v) is 2.78. The summed E-state index contributed by atoms with van der Waals surface area (Å²) < 4.78 is 0. The Kier molecular flexibility index (Phi) is 3.72. The van der Waals surface area contributed by atoms with Crippen LogP contribution in [-0.4, -0.2) is 18.5 Å². The van der Waals surface area contributed by atoms with E-state index in [1.165, 1.54) is 0 Å². The maximum Gasteiger partial charge on any atom is 0.223 e. The Morgan fingerprint density at radius 2 is 2.31 bits per heavy atom. The summed E-state index contributed by atoms with van der Waals surface area (Å²) in [7, 11) is 0. The molecule has 3 nitrogen and oxygen atoms in total. The molecule has 1 saturated carbocycles. The van der Waals surface area contributed by atoms with Crippen molar-refractivity contribution in [2.75, 3.05) is 6.54 Å². The lowest BCUT2D eigenvalue weighted by atomic mass is 10.2. The van der Waals surface area contributed by atoms with Crippen molar-refractivity contribution in [3.8, 4) is 0 Å². The molecule has 0 bridgehead atoms. The van der Waals surface area contributed by atoms with Gasteiger partial charge in [0.15, 0.2) is 0 Å². The van der Waals surface area contributed by atoms with E-state index in [0.717, 1.165) is 25.8 Å². The van der Waals surface area contributed by atoms with E-state index in [4.69, 9.17) is 5.73 Å². The van der Waals surface area contributed by atoms with Crippen LogP contribution in [-0.2, 0) is 4.79 Å². The van der Waals surface area contributed by atoms with Crippen LogP contribution in [0.1, 0.15) is 33.1 Å². The van der Waals surface area contributed by atoms with E-state index < -0.39 is 0 Å². The fourth-order valence-electron chi connectivity index (χ4n) is 1.40. The fourth-order valence-corrected chi connectivity index (χ4v) is 1.40. The summed E-state index contributed by atoms with van der Waals surface area (Å²) in [6.45, 7) is 4.91. The van der Waals surface area contributed by atoms with Gasteiger partial charge in [0.25, 0.3) is 0 Å². The molecule has 3 atom stereocenters. The third kappa shape index (κ3) is 3.35. The van der Waals surface area contributed by atoms with Crippen LogP contribution in [0.15, 0.2) is 0 Å². The second-order valence-corrected chi connectivity index (χ2v) is 4.07. The maximum atomic E-state index is 11.3. The first-order valence-corrected chi connectivity index (χ1v) is 5.18. The highest BCUT2D eigenvalue weighted by Gasteiger charge is 2.38. The van der Waals surface area contributed by atoms with Crippen LogP contribution >= 0.6 is 0 Å². The van der Waals surface area contributed by atoms with Crippen LogP contribution in [0.5, 0.6) is 0 Å². The molecule has 1 aliphatic carbocycles. The first kappa shape index (κ1) is 10.5. The number of hydrogen-bond donors (Lipinski definition) is 2. The number of rotatable bonds is 5. The van der Waals surface area contributed by atoms with Gasteiger partial charge in [-0.05, 0) is 25.2 Å². The number of carbonyl (C=O) groups excluding carboxylic acids is 1. The Bertz CT molecular complexity index is 182. The van der Waals surface area contributed by atoms with Crippen LogP contribution in [0.25, 0.3) is 0 Å². The molecule has 3 heteroatoms. The van der Waals surface area contributed by atoms with Crippen molar-refractivity contribution < 1.29 is 4.79 Å². The van der Waals surface area contributed by atoms with Gasteiger partial charge in [0.2, 0.25) is 5.91 Å².